The number of hydrogen-bond donors (Lipinski definition) is 1. The maximum absolute atomic E-state index is 12.9. The summed E-state index contributed by atoms with van der Waals surface area (Å²) in [4.78, 5) is 26.4. The number of sulfonamides is 1. The van der Waals surface area contributed by atoms with Crippen molar-refractivity contribution in [2.45, 2.75) is 17.7 Å². The first-order chi connectivity index (χ1) is 13.0. The number of carbonyl (C=O) groups is 2. The minimum atomic E-state index is -3.52. The maximum atomic E-state index is 12.9. The number of nitrogens with zero attached hydrogens (tertiary/aromatic N) is 2. The second-order valence-corrected chi connectivity index (χ2v) is 8.53. The van der Waals surface area contributed by atoms with Gasteiger partial charge in [0.15, 0.2) is 0 Å². The van der Waals surface area contributed by atoms with Crippen LogP contribution in [0.2, 0.25) is 0 Å². The molecule has 2 aliphatic rings. The fourth-order valence-electron chi connectivity index (χ4n) is 3.42. The Hall–Kier alpha value is -2.71. The minimum Gasteiger partial charge on any atom is -0.323 e. The molecule has 0 spiro atoms. The summed E-state index contributed by atoms with van der Waals surface area (Å²) in [6.45, 7) is 0.981. The number of nitrogens with one attached hydrogen (secondary N) is 1. The molecule has 0 aromatic heterocycles. The van der Waals surface area contributed by atoms with E-state index >= 15 is 0 Å². The molecule has 0 bridgehead atoms. The third-order valence-corrected chi connectivity index (χ3v) is 6.73. The van der Waals surface area contributed by atoms with Gasteiger partial charge in [0.2, 0.25) is 15.9 Å². The van der Waals surface area contributed by atoms with Gasteiger partial charge < -0.3 is 5.32 Å². The molecule has 4 rings (SSSR count). The van der Waals surface area contributed by atoms with Crippen molar-refractivity contribution in [1.29, 1.82) is 0 Å². The van der Waals surface area contributed by atoms with Gasteiger partial charge in [-0.15, -0.1) is 0 Å². The predicted octanol–water partition coefficient (Wildman–Crippen LogP) is 2.07. The molecule has 0 aliphatic carbocycles. The Morgan fingerprint density at radius 3 is 2.33 bits per heavy atom. The van der Waals surface area contributed by atoms with E-state index in [2.05, 4.69) is 5.32 Å². The Morgan fingerprint density at radius 1 is 0.963 bits per heavy atom. The molecule has 140 valence electrons. The molecule has 2 heterocycles. The summed E-state index contributed by atoms with van der Waals surface area (Å²) in [5.74, 6) is -0.613. The number of hydrogen-bond acceptors (Lipinski definition) is 4. The quantitative estimate of drug-likeness (QED) is 0.876. The molecule has 0 atom stereocenters. The highest BCUT2D eigenvalue weighted by molar-refractivity contribution is 7.89. The number of benzene rings is 2. The normalized spacial score (nSPS) is 17.5. The molecule has 1 N–H and O–H groups in total. The van der Waals surface area contributed by atoms with Crippen molar-refractivity contribution in [2.24, 2.45) is 0 Å². The maximum Gasteiger partial charge on any atom is 0.258 e. The summed E-state index contributed by atoms with van der Waals surface area (Å²) in [5.41, 5.74) is 1.53. The minimum absolute atomic E-state index is 0.0797. The van der Waals surface area contributed by atoms with E-state index in [0.717, 1.165) is 12.8 Å². The van der Waals surface area contributed by atoms with Gasteiger partial charge in [0, 0.05) is 18.7 Å². The number of fused-ring (bicyclic) bond motifs is 1. The molecule has 2 aromatic carbocycles. The van der Waals surface area contributed by atoms with Crippen molar-refractivity contribution < 1.29 is 18.0 Å². The Balaban J connectivity index is 1.61. The van der Waals surface area contributed by atoms with E-state index in [0.29, 0.717) is 30.0 Å². The van der Waals surface area contributed by atoms with E-state index in [1.807, 2.05) is 0 Å². The summed E-state index contributed by atoms with van der Waals surface area (Å²) < 4.78 is 26.7. The van der Waals surface area contributed by atoms with Crippen molar-refractivity contribution in [1.82, 2.24) is 4.31 Å². The van der Waals surface area contributed by atoms with E-state index in [1.165, 1.54) is 33.5 Å². The zero-order valence-electron chi connectivity index (χ0n) is 14.6. The fraction of sp³-hybridized carbons (Fsp3) is 0.263. The molecule has 2 aromatic rings. The highest BCUT2D eigenvalue weighted by atomic mass is 32.2. The Bertz CT molecular complexity index is 996. The first kappa shape index (κ1) is 17.7. The van der Waals surface area contributed by atoms with Crippen LogP contribution in [-0.4, -0.2) is 44.2 Å². The van der Waals surface area contributed by atoms with Crippen LogP contribution in [0, 0.1) is 0 Å². The van der Waals surface area contributed by atoms with Gasteiger partial charge in [-0.2, -0.15) is 4.31 Å². The molecular formula is C19H19N3O4S. The van der Waals surface area contributed by atoms with Crippen molar-refractivity contribution in [3.05, 3.63) is 54.1 Å². The highest BCUT2D eigenvalue weighted by Gasteiger charge is 2.29. The Labute approximate surface area is 157 Å². The van der Waals surface area contributed by atoms with Gasteiger partial charge in [0.1, 0.15) is 6.54 Å². The predicted molar refractivity (Wildman–Crippen MR) is 101 cm³/mol. The van der Waals surface area contributed by atoms with E-state index in [-0.39, 0.29) is 23.3 Å². The summed E-state index contributed by atoms with van der Waals surface area (Å²) in [7, 11) is -3.52. The topological polar surface area (TPSA) is 86.8 Å². The van der Waals surface area contributed by atoms with Crippen molar-refractivity contribution >= 4 is 33.2 Å². The van der Waals surface area contributed by atoms with Gasteiger partial charge in [0.05, 0.1) is 16.3 Å². The molecule has 1 fully saturated rings. The summed E-state index contributed by atoms with van der Waals surface area (Å²) >= 11 is 0. The van der Waals surface area contributed by atoms with Gasteiger partial charge in [-0.1, -0.05) is 12.1 Å². The fourth-order valence-corrected chi connectivity index (χ4v) is 4.93. The number of anilines is 2. The second kappa shape index (κ2) is 6.79. The summed E-state index contributed by atoms with van der Waals surface area (Å²) in [6, 6.07) is 13.0. The number of para-hydroxylation sites is 2. The smallest absolute Gasteiger partial charge is 0.258 e. The van der Waals surface area contributed by atoms with Crippen LogP contribution in [0.4, 0.5) is 11.4 Å². The number of carbonyl (C=O) groups excluding carboxylic acids is 2. The van der Waals surface area contributed by atoms with Crippen molar-refractivity contribution in [3.8, 4) is 0 Å². The molecule has 2 aliphatic heterocycles. The number of amides is 2. The van der Waals surface area contributed by atoms with Crippen LogP contribution in [0.15, 0.2) is 53.4 Å². The first-order valence-corrected chi connectivity index (χ1v) is 10.2. The van der Waals surface area contributed by atoms with E-state index in [9.17, 15) is 18.0 Å². The van der Waals surface area contributed by atoms with Crippen LogP contribution in [-0.2, 0) is 14.8 Å². The van der Waals surface area contributed by atoms with Gasteiger partial charge in [0.25, 0.3) is 5.91 Å². The molecule has 0 unspecified atom stereocenters. The van der Waals surface area contributed by atoms with Crippen LogP contribution in [0.5, 0.6) is 0 Å². The first-order valence-electron chi connectivity index (χ1n) is 8.78. The lowest BCUT2D eigenvalue weighted by atomic mass is 10.1. The monoisotopic (exact) mass is 385 g/mol. The molecule has 7 nitrogen and oxygen atoms in total. The summed E-state index contributed by atoms with van der Waals surface area (Å²) in [5, 5.41) is 2.74. The van der Waals surface area contributed by atoms with Gasteiger partial charge in [-0.3, -0.25) is 14.5 Å². The molecule has 0 radical (unpaired) electrons. The second-order valence-electron chi connectivity index (χ2n) is 6.59. The van der Waals surface area contributed by atoms with Gasteiger partial charge >= 0.3 is 0 Å². The summed E-state index contributed by atoms with van der Waals surface area (Å²) in [6.07, 6.45) is 1.73. The highest BCUT2D eigenvalue weighted by Crippen LogP contribution is 2.30. The van der Waals surface area contributed by atoms with E-state index < -0.39 is 10.0 Å². The molecular weight excluding hydrogens is 366 g/mol. The van der Waals surface area contributed by atoms with Crippen molar-refractivity contribution in [2.75, 3.05) is 29.9 Å². The van der Waals surface area contributed by atoms with E-state index in [4.69, 9.17) is 0 Å². The lowest BCUT2D eigenvalue weighted by molar-refractivity contribution is -0.115. The third-order valence-electron chi connectivity index (χ3n) is 4.82. The Morgan fingerprint density at radius 2 is 1.63 bits per heavy atom. The van der Waals surface area contributed by atoms with Crippen LogP contribution in [0.1, 0.15) is 23.2 Å². The largest absolute Gasteiger partial charge is 0.323 e. The molecule has 8 heteroatoms. The van der Waals surface area contributed by atoms with Crippen molar-refractivity contribution in [3.63, 3.8) is 0 Å². The van der Waals surface area contributed by atoms with Gasteiger partial charge in [-0.25, -0.2) is 8.42 Å². The molecule has 0 saturated carbocycles. The zero-order chi connectivity index (χ0) is 19.0. The molecule has 2 amide bonds. The lowest BCUT2D eigenvalue weighted by Gasteiger charge is -2.29. The third kappa shape index (κ3) is 3.22. The standard InChI is InChI=1S/C19H19N3O4S/c23-18-13-22(17-6-2-1-5-16(17)20-18)19(24)14-7-9-15(10-8-14)27(25,26)21-11-3-4-12-21/h1-2,5-10H,3-4,11-13H2,(H,20,23). The average molecular weight is 385 g/mol. The average Bonchev–Trinajstić information content (AvgIpc) is 3.22. The molecule has 1 saturated heterocycles. The number of rotatable bonds is 3. The van der Waals surface area contributed by atoms with Crippen LogP contribution >= 0.6 is 0 Å². The zero-order valence-corrected chi connectivity index (χ0v) is 15.4. The molecule has 27 heavy (non-hydrogen) atoms. The van der Waals surface area contributed by atoms with Crippen LogP contribution in [0.25, 0.3) is 0 Å². The SMILES string of the molecule is O=C1CN(C(=O)c2ccc(S(=O)(=O)N3CCCC3)cc2)c2ccccc2N1. The van der Waals surface area contributed by atoms with Crippen LogP contribution in [0.3, 0.4) is 0 Å². The Kier molecular flexibility index (Phi) is 4.45. The van der Waals surface area contributed by atoms with Crippen LogP contribution < -0.4 is 10.2 Å². The van der Waals surface area contributed by atoms with E-state index in [1.54, 1.807) is 24.3 Å². The van der Waals surface area contributed by atoms with Gasteiger partial charge in [-0.05, 0) is 49.2 Å². The lowest BCUT2D eigenvalue weighted by Crippen LogP contribution is -2.42.